The third kappa shape index (κ3) is 5.34. The second-order valence-corrected chi connectivity index (χ2v) is 9.41. The number of hydrogen-bond donors (Lipinski definition) is 1. The number of aromatic nitrogens is 2. The van der Waals surface area contributed by atoms with Crippen LogP contribution in [0.4, 0.5) is 32.0 Å². The van der Waals surface area contributed by atoms with Gasteiger partial charge in [0.1, 0.15) is 23.0 Å². The number of halogens is 6. The zero-order valence-electron chi connectivity index (χ0n) is 21.0. The van der Waals surface area contributed by atoms with Crippen molar-refractivity contribution in [3.8, 4) is 11.3 Å². The van der Waals surface area contributed by atoms with Gasteiger partial charge in [-0.25, -0.2) is 13.2 Å². The van der Waals surface area contributed by atoms with E-state index >= 15 is 0 Å². The van der Waals surface area contributed by atoms with E-state index in [2.05, 4.69) is 16.5 Å². The minimum atomic E-state index is -4.69. The molecule has 0 bridgehead atoms. The van der Waals surface area contributed by atoms with Crippen LogP contribution in [0.2, 0.25) is 0 Å². The average molecular weight is 540 g/mol. The van der Waals surface area contributed by atoms with Gasteiger partial charge in [0.15, 0.2) is 0 Å². The van der Waals surface area contributed by atoms with Crippen LogP contribution in [0.5, 0.6) is 0 Å². The normalized spacial score (nSPS) is 11.8. The van der Waals surface area contributed by atoms with Crippen molar-refractivity contribution in [2.75, 3.05) is 5.32 Å². The third-order valence-electron chi connectivity index (χ3n) is 6.63. The van der Waals surface area contributed by atoms with Crippen molar-refractivity contribution in [1.82, 2.24) is 9.78 Å². The van der Waals surface area contributed by atoms with Crippen LogP contribution in [0.1, 0.15) is 27.8 Å². The van der Waals surface area contributed by atoms with Crippen LogP contribution in [0.3, 0.4) is 0 Å². The summed E-state index contributed by atoms with van der Waals surface area (Å²) in [6.07, 6.45) is -4.69. The molecule has 0 amide bonds. The van der Waals surface area contributed by atoms with E-state index in [0.29, 0.717) is 24.2 Å². The molecule has 1 heterocycles. The lowest BCUT2D eigenvalue weighted by molar-refractivity contribution is -0.136. The molecule has 5 rings (SSSR count). The highest BCUT2D eigenvalue weighted by Crippen LogP contribution is 2.38. The van der Waals surface area contributed by atoms with E-state index in [-0.39, 0.29) is 16.6 Å². The van der Waals surface area contributed by atoms with Crippen LogP contribution in [0.25, 0.3) is 22.2 Å². The predicted molar refractivity (Wildman–Crippen MR) is 139 cm³/mol. The van der Waals surface area contributed by atoms with E-state index in [0.717, 1.165) is 33.1 Å². The largest absolute Gasteiger partial charge is 0.418 e. The summed E-state index contributed by atoms with van der Waals surface area (Å²) in [6, 6.07) is 17.8. The minimum Gasteiger partial charge on any atom is -0.381 e. The lowest BCUT2D eigenvalue weighted by Gasteiger charge is -2.12. The SMILES string of the molecule is Cc1ccc(C)c(CNc2ccc(-c3c4cccc(C(F)(F)F)c4nn3Cc3c(F)cc(F)cc3F)cc2)c1. The molecule has 200 valence electrons. The van der Waals surface area contributed by atoms with Crippen LogP contribution in [-0.2, 0) is 19.3 Å². The van der Waals surface area contributed by atoms with Crippen LogP contribution in [0.15, 0.2) is 72.8 Å². The van der Waals surface area contributed by atoms with Gasteiger partial charge in [-0.1, -0.05) is 48.0 Å². The zero-order valence-corrected chi connectivity index (χ0v) is 21.0. The number of hydrogen-bond acceptors (Lipinski definition) is 2. The topological polar surface area (TPSA) is 29.9 Å². The number of benzene rings is 4. The Morgan fingerprint density at radius 3 is 2.21 bits per heavy atom. The Morgan fingerprint density at radius 2 is 1.54 bits per heavy atom. The summed E-state index contributed by atoms with van der Waals surface area (Å²) in [5.74, 6) is -3.40. The average Bonchev–Trinajstić information content (AvgIpc) is 3.24. The number of anilines is 1. The fraction of sp³-hybridized carbons (Fsp3) is 0.167. The van der Waals surface area contributed by atoms with Crippen molar-refractivity contribution in [3.63, 3.8) is 0 Å². The van der Waals surface area contributed by atoms with Crippen molar-refractivity contribution in [2.24, 2.45) is 0 Å². The Morgan fingerprint density at radius 1 is 0.846 bits per heavy atom. The summed E-state index contributed by atoms with van der Waals surface area (Å²) >= 11 is 0. The first-order valence-electron chi connectivity index (χ1n) is 12.1. The summed E-state index contributed by atoms with van der Waals surface area (Å²) in [5, 5.41) is 7.63. The highest BCUT2D eigenvalue weighted by Gasteiger charge is 2.34. The maximum absolute atomic E-state index is 14.5. The zero-order chi connectivity index (χ0) is 27.9. The van der Waals surface area contributed by atoms with Crippen LogP contribution < -0.4 is 5.32 Å². The smallest absolute Gasteiger partial charge is 0.381 e. The molecular weight excluding hydrogens is 516 g/mol. The Kier molecular flexibility index (Phi) is 6.84. The number of aryl methyl sites for hydroxylation is 2. The lowest BCUT2D eigenvalue weighted by Crippen LogP contribution is -2.09. The van der Waals surface area contributed by atoms with E-state index in [9.17, 15) is 26.3 Å². The molecule has 0 aliphatic heterocycles. The second-order valence-electron chi connectivity index (χ2n) is 9.41. The third-order valence-corrected chi connectivity index (χ3v) is 6.63. The van der Waals surface area contributed by atoms with E-state index in [1.807, 2.05) is 26.0 Å². The maximum Gasteiger partial charge on any atom is 0.418 e. The number of rotatable bonds is 6. The van der Waals surface area contributed by atoms with Crippen molar-refractivity contribution in [3.05, 3.63) is 118 Å². The molecule has 0 saturated carbocycles. The number of nitrogens with one attached hydrogen (secondary N) is 1. The van der Waals surface area contributed by atoms with Crippen molar-refractivity contribution < 1.29 is 26.3 Å². The molecular formula is C30H23F6N3. The molecule has 0 atom stereocenters. The van der Waals surface area contributed by atoms with Gasteiger partial charge in [-0.3, -0.25) is 4.68 Å². The quantitative estimate of drug-likeness (QED) is 0.220. The van der Waals surface area contributed by atoms with E-state index < -0.39 is 41.3 Å². The molecule has 5 aromatic rings. The molecule has 0 aliphatic carbocycles. The molecule has 39 heavy (non-hydrogen) atoms. The Labute approximate surface area is 220 Å². The van der Waals surface area contributed by atoms with E-state index in [1.165, 1.54) is 12.1 Å². The molecule has 0 aliphatic rings. The van der Waals surface area contributed by atoms with Crippen LogP contribution >= 0.6 is 0 Å². The van der Waals surface area contributed by atoms with Crippen molar-refractivity contribution >= 4 is 16.6 Å². The maximum atomic E-state index is 14.5. The van der Waals surface area contributed by atoms with Gasteiger partial charge < -0.3 is 5.32 Å². The van der Waals surface area contributed by atoms with Gasteiger partial charge in [-0.2, -0.15) is 18.3 Å². The van der Waals surface area contributed by atoms with Gasteiger partial charge in [-0.05, 0) is 43.2 Å². The molecule has 0 unspecified atom stereocenters. The molecule has 0 spiro atoms. The molecule has 9 heteroatoms. The number of fused-ring (bicyclic) bond motifs is 1. The Bertz CT molecular complexity index is 1650. The van der Waals surface area contributed by atoms with Crippen molar-refractivity contribution in [1.29, 1.82) is 0 Å². The molecule has 4 aromatic carbocycles. The van der Waals surface area contributed by atoms with Gasteiger partial charge in [0.25, 0.3) is 0 Å². The molecule has 1 N–H and O–H groups in total. The number of nitrogens with zero attached hydrogens (tertiary/aromatic N) is 2. The van der Waals surface area contributed by atoms with Gasteiger partial charge >= 0.3 is 6.18 Å². The highest BCUT2D eigenvalue weighted by atomic mass is 19.4. The summed E-state index contributed by atoms with van der Waals surface area (Å²) in [4.78, 5) is 0. The number of alkyl halides is 3. The second kappa shape index (κ2) is 10.1. The summed E-state index contributed by atoms with van der Waals surface area (Å²) < 4.78 is 84.9. The first kappa shape index (κ1) is 26.3. The van der Waals surface area contributed by atoms with Gasteiger partial charge in [0, 0.05) is 40.9 Å². The molecule has 0 saturated heterocycles. The summed E-state index contributed by atoms with van der Waals surface area (Å²) in [6.45, 7) is 4.07. The Hall–Kier alpha value is -4.27. The fourth-order valence-corrected chi connectivity index (χ4v) is 4.61. The van der Waals surface area contributed by atoms with Gasteiger partial charge in [-0.15, -0.1) is 0 Å². The van der Waals surface area contributed by atoms with Crippen LogP contribution in [0, 0.1) is 31.3 Å². The molecule has 0 radical (unpaired) electrons. The standard InChI is InChI=1S/C30H23F6N3/c1-17-6-7-18(2)20(12-17)15-37-22-10-8-19(9-11-22)29-23-4-3-5-25(30(34,35)36)28(23)38-39(29)16-24-26(32)13-21(31)14-27(24)33/h3-14,37H,15-16H2,1-2H3. The first-order valence-corrected chi connectivity index (χ1v) is 12.1. The molecule has 3 nitrogen and oxygen atoms in total. The summed E-state index contributed by atoms with van der Waals surface area (Å²) in [5.41, 5.74) is 3.11. The van der Waals surface area contributed by atoms with E-state index in [1.54, 1.807) is 24.3 Å². The molecule has 0 fully saturated rings. The summed E-state index contributed by atoms with van der Waals surface area (Å²) in [7, 11) is 0. The highest BCUT2D eigenvalue weighted by molar-refractivity contribution is 5.95. The molecule has 1 aromatic heterocycles. The predicted octanol–water partition coefficient (Wildman–Crippen LogP) is 8.42. The fourth-order valence-electron chi connectivity index (χ4n) is 4.61. The monoisotopic (exact) mass is 539 g/mol. The minimum absolute atomic E-state index is 0.170. The Balaban J connectivity index is 1.56. The van der Waals surface area contributed by atoms with Crippen molar-refractivity contribution in [2.45, 2.75) is 33.1 Å². The van der Waals surface area contributed by atoms with E-state index in [4.69, 9.17) is 0 Å². The lowest BCUT2D eigenvalue weighted by atomic mass is 10.0. The van der Waals surface area contributed by atoms with Gasteiger partial charge in [0.2, 0.25) is 0 Å². The first-order chi connectivity index (χ1) is 18.5. The van der Waals surface area contributed by atoms with Crippen LogP contribution in [-0.4, -0.2) is 9.78 Å². The van der Waals surface area contributed by atoms with Gasteiger partial charge in [0.05, 0.1) is 17.8 Å².